The van der Waals surface area contributed by atoms with Gasteiger partial charge in [0.2, 0.25) is 0 Å². The van der Waals surface area contributed by atoms with Crippen LogP contribution in [0.5, 0.6) is 11.5 Å². The Kier molecular flexibility index (Phi) is 4.25. The number of fused-ring (bicyclic) bond motifs is 1. The molecule has 0 spiro atoms. The van der Waals surface area contributed by atoms with Crippen molar-refractivity contribution in [2.75, 3.05) is 6.54 Å². The maximum absolute atomic E-state index is 12.1. The lowest BCUT2D eigenvalue weighted by molar-refractivity contribution is 0.0951. The minimum Gasteiger partial charge on any atom is -0.508 e. The highest BCUT2D eigenvalue weighted by molar-refractivity contribution is 9.10. The minimum absolute atomic E-state index is 0.0612. The number of carbonyl (C=O) groups is 1. The van der Waals surface area contributed by atoms with Crippen molar-refractivity contribution in [2.45, 2.75) is 6.42 Å². The van der Waals surface area contributed by atoms with Crippen LogP contribution in [0, 0.1) is 0 Å². The number of hydrogen-bond acceptors (Lipinski definition) is 3. The molecule has 0 atom stereocenters. The normalized spacial score (nSPS) is 10.8. The van der Waals surface area contributed by atoms with Crippen LogP contribution in [0.3, 0.4) is 0 Å². The number of rotatable bonds is 4. The van der Waals surface area contributed by atoms with E-state index in [2.05, 4.69) is 26.2 Å². The maximum atomic E-state index is 12.1. The number of benzene rings is 2. The number of hydrogen-bond donors (Lipinski definition) is 4. The Balaban J connectivity index is 1.66. The molecule has 0 saturated heterocycles. The zero-order valence-electron chi connectivity index (χ0n) is 12.1. The number of carbonyl (C=O) groups excluding carboxylic acids is 1. The first-order valence-electron chi connectivity index (χ1n) is 7.10. The fourth-order valence-corrected chi connectivity index (χ4v) is 2.82. The summed E-state index contributed by atoms with van der Waals surface area (Å²) in [5.41, 5.74) is 2.19. The molecule has 0 unspecified atom stereocenters. The van der Waals surface area contributed by atoms with Crippen LogP contribution in [0.2, 0.25) is 0 Å². The first-order chi connectivity index (χ1) is 11.0. The van der Waals surface area contributed by atoms with E-state index in [-0.39, 0.29) is 23.0 Å². The number of halogens is 1. The lowest BCUT2D eigenvalue weighted by Gasteiger charge is -2.07. The summed E-state index contributed by atoms with van der Waals surface area (Å²) in [4.78, 5) is 15.2. The van der Waals surface area contributed by atoms with Crippen molar-refractivity contribution < 1.29 is 15.0 Å². The molecule has 4 N–H and O–H groups in total. The van der Waals surface area contributed by atoms with Crippen LogP contribution >= 0.6 is 15.9 Å². The predicted octanol–water partition coefficient (Wildman–Crippen LogP) is 3.31. The zero-order chi connectivity index (χ0) is 16.4. The van der Waals surface area contributed by atoms with Gasteiger partial charge in [0.25, 0.3) is 5.91 Å². The maximum Gasteiger partial charge on any atom is 0.255 e. The van der Waals surface area contributed by atoms with Crippen LogP contribution in [0.4, 0.5) is 0 Å². The number of nitrogens with one attached hydrogen (secondary N) is 2. The Morgan fingerprint density at radius 3 is 2.78 bits per heavy atom. The average molecular weight is 375 g/mol. The molecular weight excluding hydrogens is 360 g/mol. The fourth-order valence-electron chi connectivity index (χ4n) is 2.48. The summed E-state index contributed by atoms with van der Waals surface area (Å²) in [5.74, 6) is -0.172. The van der Waals surface area contributed by atoms with Gasteiger partial charge in [0.1, 0.15) is 11.5 Å². The highest BCUT2D eigenvalue weighted by atomic mass is 79.9. The molecule has 2 aromatic carbocycles. The summed E-state index contributed by atoms with van der Waals surface area (Å²) >= 11 is 3.24. The number of phenols is 2. The van der Waals surface area contributed by atoms with Gasteiger partial charge in [-0.25, -0.2) is 0 Å². The molecule has 6 heteroatoms. The van der Waals surface area contributed by atoms with E-state index in [1.807, 2.05) is 12.3 Å². The van der Waals surface area contributed by atoms with E-state index in [0.29, 0.717) is 17.4 Å². The van der Waals surface area contributed by atoms with Crippen LogP contribution in [0.1, 0.15) is 15.9 Å². The molecule has 0 aliphatic carbocycles. The molecule has 1 heterocycles. The van der Waals surface area contributed by atoms with Crippen molar-refractivity contribution in [3.63, 3.8) is 0 Å². The Labute approximate surface area is 141 Å². The van der Waals surface area contributed by atoms with E-state index in [4.69, 9.17) is 0 Å². The van der Waals surface area contributed by atoms with Crippen molar-refractivity contribution in [1.29, 1.82) is 0 Å². The second-order valence-corrected chi connectivity index (χ2v) is 6.13. The van der Waals surface area contributed by atoms with Gasteiger partial charge in [-0.2, -0.15) is 0 Å². The fraction of sp³-hybridized carbons (Fsp3) is 0.118. The highest BCUT2D eigenvalue weighted by Gasteiger charge is 2.11. The molecule has 23 heavy (non-hydrogen) atoms. The Morgan fingerprint density at radius 2 is 2.00 bits per heavy atom. The summed E-state index contributed by atoms with van der Waals surface area (Å²) in [5, 5.41) is 23.1. The number of aromatic amines is 1. The van der Waals surface area contributed by atoms with E-state index in [0.717, 1.165) is 16.5 Å². The van der Waals surface area contributed by atoms with Crippen molar-refractivity contribution in [3.05, 3.63) is 58.2 Å². The quantitative estimate of drug-likeness (QED) is 0.565. The third-order valence-corrected chi connectivity index (χ3v) is 4.13. The van der Waals surface area contributed by atoms with Gasteiger partial charge in [-0.1, -0.05) is 15.9 Å². The van der Waals surface area contributed by atoms with Gasteiger partial charge >= 0.3 is 0 Å². The standard InChI is InChI=1S/C17H15BrN2O3/c18-11-1-3-13(16(22)7-11)17(23)19-6-5-10-9-20-15-4-2-12(21)8-14(10)15/h1-4,7-9,20-22H,5-6H2,(H,19,23). The third kappa shape index (κ3) is 3.32. The van der Waals surface area contributed by atoms with Gasteiger partial charge in [-0.05, 0) is 48.4 Å². The van der Waals surface area contributed by atoms with Crippen LogP contribution in [0.15, 0.2) is 47.1 Å². The summed E-state index contributed by atoms with van der Waals surface area (Å²) in [6.07, 6.45) is 2.49. The smallest absolute Gasteiger partial charge is 0.255 e. The van der Waals surface area contributed by atoms with Crippen molar-refractivity contribution >= 4 is 32.7 Å². The second kappa shape index (κ2) is 6.34. The first-order valence-corrected chi connectivity index (χ1v) is 7.89. The summed E-state index contributed by atoms with van der Waals surface area (Å²) in [7, 11) is 0. The largest absolute Gasteiger partial charge is 0.508 e. The lowest BCUT2D eigenvalue weighted by Crippen LogP contribution is -2.25. The number of aromatic nitrogens is 1. The van der Waals surface area contributed by atoms with Gasteiger partial charge in [0, 0.05) is 28.1 Å². The summed E-state index contributed by atoms with van der Waals surface area (Å²) < 4.78 is 0.713. The van der Waals surface area contributed by atoms with Crippen molar-refractivity contribution in [1.82, 2.24) is 10.3 Å². The summed E-state index contributed by atoms with van der Waals surface area (Å²) in [6.45, 7) is 0.428. The monoisotopic (exact) mass is 374 g/mol. The molecule has 0 fully saturated rings. The van der Waals surface area contributed by atoms with E-state index in [1.54, 1.807) is 24.3 Å². The Morgan fingerprint density at radius 1 is 1.17 bits per heavy atom. The molecule has 0 bridgehead atoms. The Hall–Kier alpha value is -2.47. The molecule has 118 valence electrons. The topological polar surface area (TPSA) is 85.4 Å². The van der Waals surface area contributed by atoms with E-state index in [9.17, 15) is 15.0 Å². The van der Waals surface area contributed by atoms with Crippen LogP contribution in [-0.2, 0) is 6.42 Å². The molecule has 0 saturated carbocycles. The van der Waals surface area contributed by atoms with E-state index in [1.165, 1.54) is 6.07 Å². The number of H-pyrrole nitrogens is 1. The number of phenolic OH excluding ortho intramolecular Hbond substituents is 2. The van der Waals surface area contributed by atoms with Gasteiger partial charge in [0.15, 0.2) is 0 Å². The molecule has 5 nitrogen and oxygen atoms in total. The van der Waals surface area contributed by atoms with Gasteiger partial charge in [0.05, 0.1) is 5.56 Å². The van der Waals surface area contributed by atoms with Crippen LogP contribution in [0.25, 0.3) is 10.9 Å². The third-order valence-electron chi connectivity index (χ3n) is 3.64. The molecule has 3 rings (SSSR count). The van der Waals surface area contributed by atoms with Gasteiger partial charge in [-0.3, -0.25) is 4.79 Å². The van der Waals surface area contributed by atoms with Gasteiger partial charge in [-0.15, -0.1) is 0 Å². The van der Waals surface area contributed by atoms with Crippen LogP contribution in [-0.4, -0.2) is 27.6 Å². The van der Waals surface area contributed by atoms with Gasteiger partial charge < -0.3 is 20.5 Å². The summed E-state index contributed by atoms with van der Waals surface area (Å²) in [6, 6.07) is 9.89. The first kappa shape index (κ1) is 15.4. The molecule has 0 radical (unpaired) electrons. The number of amides is 1. The molecule has 1 amide bonds. The molecule has 0 aliphatic rings. The van der Waals surface area contributed by atoms with E-state index < -0.39 is 0 Å². The molecule has 0 aliphatic heterocycles. The Bertz CT molecular complexity index is 873. The van der Waals surface area contributed by atoms with Crippen LogP contribution < -0.4 is 5.32 Å². The lowest BCUT2D eigenvalue weighted by atomic mass is 10.1. The highest BCUT2D eigenvalue weighted by Crippen LogP contribution is 2.24. The minimum atomic E-state index is -0.322. The molecule has 1 aromatic heterocycles. The van der Waals surface area contributed by atoms with E-state index >= 15 is 0 Å². The van der Waals surface area contributed by atoms with Crippen molar-refractivity contribution in [2.24, 2.45) is 0 Å². The number of aromatic hydroxyl groups is 2. The zero-order valence-corrected chi connectivity index (χ0v) is 13.7. The van der Waals surface area contributed by atoms with Crippen molar-refractivity contribution in [3.8, 4) is 11.5 Å². The average Bonchev–Trinajstić information content (AvgIpc) is 2.89. The predicted molar refractivity (Wildman–Crippen MR) is 91.8 cm³/mol. The molecular formula is C17H15BrN2O3. The SMILES string of the molecule is O=C(NCCc1c[nH]c2ccc(O)cc12)c1ccc(Br)cc1O. The molecule has 3 aromatic rings. The second-order valence-electron chi connectivity index (χ2n) is 5.21.